The highest BCUT2D eigenvalue weighted by Crippen LogP contribution is 2.35. The summed E-state index contributed by atoms with van der Waals surface area (Å²) in [5.74, 6) is 1.88. The van der Waals surface area contributed by atoms with Crippen molar-refractivity contribution in [1.82, 2.24) is 15.0 Å². The van der Waals surface area contributed by atoms with Gasteiger partial charge in [0.2, 0.25) is 0 Å². The number of para-hydroxylation sites is 1. The Labute approximate surface area is 306 Å². The standard InChI is InChI=1S/C49H31N3O/c1-3-11-32(12-4-1)36-15-9-17-40(30-36)48-50-47(35-23-21-34(22-24-35)38-26-28-43-42-18-7-8-20-45(42)53-46(43)31-38)51-49(52-48)44-19-10-16-39-29-37(25-27-41(39)44)33-13-5-2-6-14-33/h1-31H. The predicted molar refractivity (Wildman–Crippen MR) is 217 cm³/mol. The number of hydrogen-bond donors (Lipinski definition) is 0. The molecule has 0 aliphatic rings. The Balaban J connectivity index is 1.08. The summed E-state index contributed by atoms with van der Waals surface area (Å²) in [6.45, 7) is 0. The van der Waals surface area contributed by atoms with E-state index in [0.29, 0.717) is 17.5 Å². The zero-order valence-electron chi connectivity index (χ0n) is 28.6. The van der Waals surface area contributed by atoms with Crippen molar-refractivity contribution in [2.24, 2.45) is 0 Å². The molecule has 0 N–H and O–H groups in total. The molecule has 4 heteroatoms. The molecule has 0 saturated heterocycles. The first-order chi connectivity index (χ1) is 26.2. The lowest BCUT2D eigenvalue weighted by atomic mass is 9.98. The second kappa shape index (κ2) is 12.9. The highest BCUT2D eigenvalue weighted by molar-refractivity contribution is 6.06. The van der Waals surface area contributed by atoms with E-state index >= 15 is 0 Å². The van der Waals surface area contributed by atoms with E-state index < -0.39 is 0 Å². The first-order valence-corrected chi connectivity index (χ1v) is 17.8. The highest BCUT2D eigenvalue weighted by atomic mass is 16.3. The molecule has 0 fully saturated rings. The van der Waals surface area contributed by atoms with Gasteiger partial charge in [0, 0.05) is 27.5 Å². The van der Waals surface area contributed by atoms with Crippen molar-refractivity contribution in [2.75, 3.05) is 0 Å². The minimum atomic E-state index is 0.618. The maximum absolute atomic E-state index is 6.19. The van der Waals surface area contributed by atoms with Crippen LogP contribution >= 0.6 is 0 Å². The number of hydrogen-bond acceptors (Lipinski definition) is 4. The highest BCUT2D eigenvalue weighted by Gasteiger charge is 2.16. The molecule has 0 amide bonds. The van der Waals surface area contributed by atoms with Crippen molar-refractivity contribution in [3.63, 3.8) is 0 Å². The first kappa shape index (κ1) is 30.6. The van der Waals surface area contributed by atoms with E-state index in [2.05, 4.69) is 158 Å². The van der Waals surface area contributed by atoms with Crippen LogP contribution in [-0.2, 0) is 0 Å². The number of fused-ring (bicyclic) bond motifs is 4. The second-order valence-electron chi connectivity index (χ2n) is 13.2. The molecule has 10 rings (SSSR count). The first-order valence-electron chi connectivity index (χ1n) is 17.8. The fraction of sp³-hybridized carbons (Fsp3) is 0. The Morgan fingerprint density at radius 3 is 1.57 bits per heavy atom. The minimum Gasteiger partial charge on any atom is -0.456 e. The monoisotopic (exact) mass is 677 g/mol. The van der Waals surface area contributed by atoms with E-state index in [9.17, 15) is 0 Å². The topological polar surface area (TPSA) is 51.8 Å². The zero-order valence-corrected chi connectivity index (χ0v) is 28.6. The SMILES string of the molecule is c1ccc(-c2cccc(-c3nc(-c4ccc(-c5ccc6c(c5)oc5ccccc56)cc4)nc(-c4cccc5cc(-c6ccccc6)ccc45)n3)c2)cc1. The van der Waals surface area contributed by atoms with Crippen LogP contribution in [0.1, 0.15) is 0 Å². The lowest BCUT2D eigenvalue weighted by Crippen LogP contribution is -2.00. The van der Waals surface area contributed by atoms with Gasteiger partial charge in [-0.2, -0.15) is 0 Å². The van der Waals surface area contributed by atoms with Gasteiger partial charge in [0.1, 0.15) is 11.2 Å². The van der Waals surface area contributed by atoms with Crippen LogP contribution in [0.15, 0.2) is 192 Å². The van der Waals surface area contributed by atoms with Crippen molar-refractivity contribution >= 4 is 32.7 Å². The third-order valence-electron chi connectivity index (χ3n) is 9.95. The van der Waals surface area contributed by atoms with Gasteiger partial charge in [0.25, 0.3) is 0 Å². The fourth-order valence-electron chi connectivity index (χ4n) is 7.23. The average molecular weight is 678 g/mol. The number of aromatic nitrogens is 3. The number of benzene rings is 8. The predicted octanol–water partition coefficient (Wildman–Crippen LogP) is 12.9. The summed E-state index contributed by atoms with van der Waals surface area (Å²) in [5, 5.41) is 4.46. The van der Waals surface area contributed by atoms with Gasteiger partial charge < -0.3 is 4.42 Å². The third kappa shape index (κ3) is 5.73. The second-order valence-corrected chi connectivity index (χ2v) is 13.2. The molecule has 0 spiro atoms. The molecule has 0 aliphatic heterocycles. The zero-order chi connectivity index (χ0) is 35.1. The number of nitrogens with zero attached hydrogens (tertiary/aromatic N) is 3. The van der Waals surface area contributed by atoms with Crippen molar-refractivity contribution in [3.05, 3.63) is 188 Å². The Morgan fingerprint density at radius 2 is 0.792 bits per heavy atom. The molecule has 53 heavy (non-hydrogen) atoms. The largest absolute Gasteiger partial charge is 0.456 e. The molecular formula is C49H31N3O. The van der Waals surface area contributed by atoms with E-state index in [1.54, 1.807) is 0 Å². The van der Waals surface area contributed by atoms with Crippen molar-refractivity contribution < 1.29 is 4.42 Å². The average Bonchev–Trinajstić information content (AvgIpc) is 3.62. The van der Waals surface area contributed by atoms with Gasteiger partial charge in [0.15, 0.2) is 17.5 Å². The summed E-state index contributed by atoms with van der Waals surface area (Å²) in [4.78, 5) is 15.4. The van der Waals surface area contributed by atoms with Crippen molar-refractivity contribution in [2.45, 2.75) is 0 Å². The third-order valence-corrected chi connectivity index (χ3v) is 9.95. The molecule has 10 aromatic rings. The molecule has 0 unspecified atom stereocenters. The summed E-state index contributed by atoms with van der Waals surface area (Å²) in [5.41, 5.74) is 11.4. The maximum atomic E-state index is 6.19. The van der Waals surface area contributed by atoms with Gasteiger partial charge >= 0.3 is 0 Å². The molecule has 0 aliphatic carbocycles. The maximum Gasteiger partial charge on any atom is 0.164 e. The molecule has 0 radical (unpaired) electrons. The van der Waals surface area contributed by atoms with Gasteiger partial charge in [-0.25, -0.2) is 15.0 Å². The Kier molecular flexibility index (Phi) is 7.43. The normalized spacial score (nSPS) is 11.4. The van der Waals surface area contributed by atoms with Crippen LogP contribution in [0, 0.1) is 0 Å². The van der Waals surface area contributed by atoms with E-state index in [0.717, 1.165) is 71.7 Å². The van der Waals surface area contributed by atoms with Crippen LogP contribution < -0.4 is 0 Å². The number of furan rings is 1. The summed E-state index contributed by atoms with van der Waals surface area (Å²) in [6.07, 6.45) is 0. The summed E-state index contributed by atoms with van der Waals surface area (Å²) < 4.78 is 6.19. The van der Waals surface area contributed by atoms with Crippen molar-refractivity contribution in [1.29, 1.82) is 0 Å². The Morgan fingerprint density at radius 1 is 0.283 bits per heavy atom. The van der Waals surface area contributed by atoms with Gasteiger partial charge in [-0.1, -0.05) is 158 Å². The van der Waals surface area contributed by atoms with Gasteiger partial charge in [-0.15, -0.1) is 0 Å². The molecule has 4 nitrogen and oxygen atoms in total. The van der Waals surface area contributed by atoms with Crippen LogP contribution in [0.4, 0.5) is 0 Å². The molecule has 2 heterocycles. The Hall–Kier alpha value is -7.17. The fourth-order valence-corrected chi connectivity index (χ4v) is 7.23. The summed E-state index contributed by atoms with van der Waals surface area (Å²) >= 11 is 0. The van der Waals surface area contributed by atoms with Crippen LogP contribution in [0.5, 0.6) is 0 Å². The van der Waals surface area contributed by atoms with Gasteiger partial charge in [-0.3, -0.25) is 0 Å². The van der Waals surface area contributed by atoms with E-state index in [-0.39, 0.29) is 0 Å². The molecule has 0 saturated carbocycles. The van der Waals surface area contributed by atoms with E-state index in [1.807, 2.05) is 30.3 Å². The van der Waals surface area contributed by atoms with Crippen LogP contribution in [0.2, 0.25) is 0 Å². The van der Waals surface area contributed by atoms with E-state index in [4.69, 9.17) is 19.4 Å². The molecule has 0 atom stereocenters. The van der Waals surface area contributed by atoms with Crippen LogP contribution in [0.3, 0.4) is 0 Å². The molecular weight excluding hydrogens is 647 g/mol. The molecule has 8 aromatic carbocycles. The smallest absolute Gasteiger partial charge is 0.164 e. The van der Waals surface area contributed by atoms with Crippen molar-refractivity contribution in [3.8, 4) is 67.5 Å². The van der Waals surface area contributed by atoms with Crippen LogP contribution in [0.25, 0.3) is 100 Å². The molecule has 248 valence electrons. The van der Waals surface area contributed by atoms with Gasteiger partial charge in [0.05, 0.1) is 0 Å². The quantitative estimate of drug-likeness (QED) is 0.176. The Bertz CT molecular complexity index is 2930. The lowest BCUT2D eigenvalue weighted by Gasteiger charge is -2.12. The number of rotatable bonds is 6. The molecule has 0 bridgehead atoms. The van der Waals surface area contributed by atoms with Gasteiger partial charge in [-0.05, 0) is 74.5 Å². The van der Waals surface area contributed by atoms with E-state index in [1.165, 1.54) is 11.1 Å². The summed E-state index contributed by atoms with van der Waals surface area (Å²) in [6, 6.07) is 65.2. The minimum absolute atomic E-state index is 0.618. The van der Waals surface area contributed by atoms with Crippen LogP contribution in [-0.4, -0.2) is 15.0 Å². The lowest BCUT2D eigenvalue weighted by molar-refractivity contribution is 0.669. The molecule has 2 aromatic heterocycles. The summed E-state index contributed by atoms with van der Waals surface area (Å²) in [7, 11) is 0.